The Morgan fingerprint density at radius 1 is 1.23 bits per heavy atom. The number of hydrogen-bond acceptors (Lipinski definition) is 7. The maximum atomic E-state index is 11.7. The van der Waals surface area contributed by atoms with E-state index in [0.29, 0.717) is 18.2 Å². The predicted octanol–water partition coefficient (Wildman–Crippen LogP) is 1.40. The van der Waals surface area contributed by atoms with Crippen molar-refractivity contribution in [3.63, 3.8) is 0 Å². The van der Waals surface area contributed by atoms with Crippen LogP contribution in [0.4, 0.5) is 11.8 Å². The van der Waals surface area contributed by atoms with Crippen LogP contribution in [-0.4, -0.2) is 49.9 Å². The van der Waals surface area contributed by atoms with Gasteiger partial charge in [0, 0.05) is 18.3 Å². The molecule has 0 aliphatic heterocycles. The summed E-state index contributed by atoms with van der Waals surface area (Å²) in [5.74, 6) is 0.279. The van der Waals surface area contributed by atoms with E-state index in [0.717, 1.165) is 44.9 Å². The van der Waals surface area contributed by atoms with Gasteiger partial charge in [-0.25, -0.2) is 4.98 Å². The van der Waals surface area contributed by atoms with Crippen molar-refractivity contribution in [2.24, 2.45) is 5.73 Å². The minimum absolute atomic E-state index is 0.0596. The van der Waals surface area contributed by atoms with E-state index in [2.05, 4.69) is 20.6 Å². The molecule has 1 unspecified atom stereocenters. The highest BCUT2D eigenvalue weighted by molar-refractivity contribution is 5.97. The topological polar surface area (TPSA) is 133 Å². The number of nitrogens with zero attached hydrogens (tertiary/aromatic N) is 2. The summed E-state index contributed by atoms with van der Waals surface area (Å²) in [6, 6.07) is 0.253. The van der Waals surface area contributed by atoms with Crippen LogP contribution in [0.2, 0.25) is 0 Å². The lowest BCUT2D eigenvalue weighted by Gasteiger charge is -2.33. The molecule has 6 N–H and O–H groups in total. The molecule has 1 aromatic rings. The predicted molar refractivity (Wildman–Crippen MR) is 98.9 cm³/mol. The number of nitrogens with two attached hydrogens (primary N) is 1. The van der Waals surface area contributed by atoms with Gasteiger partial charge in [-0.15, -0.1) is 0 Å². The molecule has 0 saturated heterocycles. The number of rotatable bonds is 5. The van der Waals surface area contributed by atoms with Gasteiger partial charge in [0.25, 0.3) is 5.91 Å². The SMILES string of the molecule is CC1(O)CCC(Nc2ncc(C(N)=O)c(NC3CCC[C@H](O)C3)n2)CC1. The first-order valence-electron chi connectivity index (χ1n) is 9.43. The van der Waals surface area contributed by atoms with Gasteiger partial charge in [-0.3, -0.25) is 4.79 Å². The number of carbonyl (C=O) groups excluding carboxylic acids is 1. The molecular formula is C18H29N5O3. The quantitative estimate of drug-likeness (QED) is 0.534. The molecule has 0 aromatic carbocycles. The molecule has 3 rings (SSSR count). The molecule has 0 radical (unpaired) electrons. The molecule has 1 heterocycles. The van der Waals surface area contributed by atoms with E-state index in [1.807, 2.05) is 6.92 Å². The number of aliphatic hydroxyl groups excluding tert-OH is 1. The van der Waals surface area contributed by atoms with Crippen molar-refractivity contribution < 1.29 is 15.0 Å². The van der Waals surface area contributed by atoms with Gasteiger partial charge in [0.15, 0.2) is 0 Å². The second-order valence-corrected chi connectivity index (χ2v) is 7.90. The van der Waals surface area contributed by atoms with Crippen molar-refractivity contribution in [3.8, 4) is 0 Å². The van der Waals surface area contributed by atoms with Crippen molar-refractivity contribution in [2.75, 3.05) is 10.6 Å². The monoisotopic (exact) mass is 363 g/mol. The molecule has 8 nitrogen and oxygen atoms in total. The molecule has 2 aliphatic rings. The molecular weight excluding hydrogens is 334 g/mol. The number of anilines is 2. The summed E-state index contributed by atoms with van der Waals surface area (Å²) in [5.41, 5.74) is 5.11. The van der Waals surface area contributed by atoms with E-state index >= 15 is 0 Å². The van der Waals surface area contributed by atoms with Gasteiger partial charge < -0.3 is 26.6 Å². The zero-order valence-corrected chi connectivity index (χ0v) is 15.2. The summed E-state index contributed by atoms with van der Waals surface area (Å²) in [6.45, 7) is 1.86. The van der Waals surface area contributed by atoms with Gasteiger partial charge >= 0.3 is 0 Å². The van der Waals surface area contributed by atoms with Gasteiger partial charge in [0.1, 0.15) is 5.82 Å². The Morgan fingerprint density at radius 2 is 1.96 bits per heavy atom. The summed E-state index contributed by atoms with van der Waals surface area (Å²) in [7, 11) is 0. The van der Waals surface area contributed by atoms with Crippen LogP contribution in [0.3, 0.4) is 0 Å². The number of carbonyl (C=O) groups is 1. The number of hydrogen-bond donors (Lipinski definition) is 5. The maximum absolute atomic E-state index is 11.7. The molecule has 144 valence electrons. The lowest BCUT2D eigenvalue weighted by molar-refractivity contribution is 0.0195. The zero-order valence-electron chi connectivity index (χ0n) is 15.2. The average molecular weight is 363 g/mol. The Labute approximate surface area is 153 Å². The Balaban J connectivity index is 1.70. The summed E-state index contributed by atoms with van der Waals surface area (Å²) in [4.78, 5) is 20.4. The Morgan fingerprint density at radius 3 is 2.62 bits per heavy atom. The van der Waals surface area contributed by atoms with Crippen LogP contribution >= 0.6 is 0 Å². The Kier molecular flexibility index (Phi) is 5.62. The smallest absolute Gasteiger partial charge is 0.254 e. The van der Waals surface area contributed by atoms with E-state index in [1.165, 1.54) is 6.20 Å². The number of nitrogens with one attached hydrogen (secondary N) is 2. The van der Waals surface area contributed by atoms with Crippen molar-refractivity contribution in [1.82, 2.24) is 9.97 Å². The molecule has 1 aromatic heterocycles. The average Bonchev–Trinajstić information content (AvgIpc) is 2.57. The van der Waals surface area contributed by atoms with Crippen LogP contribution in [0.5, 0.6) is 0 Å². The Hall–Kier alpha value is -1.93. The third-order valence-electron chi connectivity index (χ3n) is 5.44. The second kappa shape index (κ2) is 7.75. The van der Waals surface area contributed by atoms with Crippen molar-refractivity contribution >= 4 is 17.7 Å². The van der Waals surface area contributed by atoms with Crippen molar-refractivity contribution in [2.45, 2.75) is 82.1 Å². The van der Waals surface area contributed by atoms with Crippen LogP contribution in [0, 0.1) is 0 Å². The van der Waals surface area contributed by atoms with Gasteiger partial charge in [0.05, 0.1) is 17.3 Å². The summed E-state index contributed by atoms with van der Waals surface area (Å²) < 4.78 is 0. The molecule has 0 bridgehead atoms. The number of aromatic nitrogens is 2. The van der Waals surface area contributed by atoms with Crippen LogP contribution in [-0.2, 0) is 0 Å². The first-order chi connectivity index (χ1) is 12.3. The highest BCUT2D eigenvalue weighted by Gasteiger charge is 2.29. The molecule has 8 heteroatoms. The van der Waals surface area contributed by atoms with E-state index in [-0.39, 0.29) is 23.8 Å². The highest BCUT2D eigenvalue weighted by atomic mass is 16.3. The molecule has 0 spiro atoms. The molecule has 2 aliphatic carbocycles. The minimum Gasteiger partial charge on any atom is -0.393 e. The van der Waals surface area contributed by atoms with Crippen LogP contribution in [0.1, 0.15) is 68.6 Å². The molecule has 2 saturated carbocycles. The van der Waals surface area contributed by atoms with E-state index in [1.54, 1.807) is 0 Å². The minimum atomic E-state index is -0.594. The van der Waals surface area contributed by atoms with Gasteiger partial charge in [0.2, 0.25) is 5.95 Å². The zero-order chi connectivity index (χ0) is 18.7. The number of amides is 1. The number of primary amides is 1. The largest absolute Gasteiger partial charge is 0.393 e. The second-order valence-electron chi connectivity index (χ2n) is 7.90. The van der Waals surface area contributed by atoms with Crippen molar-refractivity contribution in [1.29, 1.82) is 0 Å². The lowest BCUT2D eigenvalue weighted by Crippen LogP contribution is -2.36. The molecule has 2 atom stereocenters. The lowest BCUT2D eigenvalue weighted by atomic mass is 9.84. The molecule has 1 amide bonds. The van der Waals surface area contributed by atoms with Gasteiger partial charge in [-0.05, 0) is 58.3 Å². The summed E-state index contributed by atoms with van der Waals surface area (Å²) >= 11 is 0. The van der Waals surface area contributed by atoms with Gasteiger partial charge in [-0.2, -0.15) is 4.98 Å². The third-order valence-corrected chi connectivity index (χ3v) is 5.44. The van der Waals surface area contributed by atoms with Crippen LogP contribution < -0.4 is 16.4 Å². The summed E-state index contributed by atoms with van der Waals surface area (Å²) in [6.07, 6.45) is 7.54. The fourth-order valence-electron chi connectivity index (χ4n) is 3.80. The van der Waals surface area contributed by atoms with E-state index in [9.17, 15) is 15.0 Å². The van der Waals surface area contributed by atoms with Crippen molar-refractivity contribution in [3.05, 3.63) is 11.8 Å². The number of aliphatic hydroxyl groups is 2. The standard InChI is InChI=1S/C18H29N5O3/c1-18(26)7-5-11(6-8-18)22-17-20-10-14(15(19)25)16(23-17)21-12-3-2-4-13(24)9-12/h10-13,24,26H,2-9H2,1H3,(H2,19,25)(H2,20,21,22,23)/t11?,12?,13-,18?/m0/s1. The first kappa shape index (κ1) is 18.8. The first-order valence-corrected chi connectivity index (χ1v) is 9.43. The maximum Gasteiger partial charge on any atom is 0.254 e. The Bertz CT molecular complexity index is 642. The summed E-state index contributed by atoms with van der Waals surface area (Å²) in [5, 5.41) is 26.5. The highest BCUT2D eigenvalue weighted by Crippen LogP contribution is 2.29. The normalized spacial score (nSPS) is 32.0. The van der Waals surface area contributed by atoms with E-state index in [4.69, 9.17) is 5.73 Å². The molecule has 2 fully saturated rings. The van der Waals surface area contributed by atoms with Gasteiger partial charge in [-0.1, -0.05) is 0 Å². The van der Waals surface area contributed by atoms with E-state index < -0.39 is 11.5 Å². The fraction of sp³-hybridized carbons (Fsp3) is 0.722. The molecule has 26 heavy (non-hydrogen) atoms. The third kappa shape index (κ3) is 4.82. The fourth-order valence-corrected chi connectivity index (χ4v) is 3.80. The van der Waals surface area contributed by atoms with Crippen LogP contribution in [0.25, 0.3) is 0 Å². The van der Waals surface area contributed by atoms with Crippen LogP contribution in [0.15, 0.2) is 6.20 Å².